The summed E-state index contributed by atoms with van der Waals surface area (Å²) < 4.78 is 20.9. The van der Waals surface area contributed by atoms with Crippen LogP contribution >= 0.6 is 0 Å². The van der Waals surface area contributed by atoms with Crippen molar-refractivity contribution < 1.29 is 9.13 Å². The van der Waals surface area contributed by atoms with Crippen LogP contribution in [0.1, 0.15) is 31.3 Å². The SMILES string of the molecule is CCn1ccnc1COc1ccc(F)cc1[C@@H](C)N. The molecule has 0 aliphatic rings. The van der Waals surface area contributed by atoms with Gasteiger partial charge in [-0.05, 0) is 32.0 Å². The minimum Gasteiger partial charge on any atom is -0.485 e. The molecule has 0 fully saturated rings. The summed E-state index contributed by atoms with van der Waals surface area (Å²) in [5.74, 6) is 1.12. The third kappa shape index (κ3) is 3.12. The maximum absolute atomic E-state index is 13.2. The van der Waals surface area contributed by atoms with Gasteiger partial charge in [-0.1, -0.05) is 0 Å². The Balaban J connectivity index is 2.15. The molecule has 0 aliphatic heterocycles. The number of aryl methyl sites for hydroxylation is 1. The zero-order chi connectivity index (χ0) is 13.8. The molecule has 2 rings (SSSR count). The highest BCUT2D eigenvalue weighted by Gasteiger charge is 2.11. The maximum atomic E-state index is 13.2. The maximum Gasteiger partial charge on any atom is 0.146 e. The van der Waals surface area contributed by atoms with Gasteiger partial charge in [0, 0.05) is 30.5 Å². The number of rotatable bonds is 5. The molecule has 1 heterocycles. The van der Waals surface area contributed by atoms with E-state index in [0.717, 1.165) is 12.4 Å². The number of benzene rings is 1. The Morgan fingerprint density at radius 3 is 2.95 bits per heavy atom. The van der Waals surface area contributed by atoms with Crippen LogP contribution in [0, 0.1) is 5.82 Å². The van der Waals surface area contributed by atoms with E-state index in [9.17, 15) is 4.39 Å². The molecule has 0 spiro atoms. The van der Waals surface area contributed by atoms with Crippen LogP contribution in [-0.2, 0) is 13.2 Å². The summed E-state index contributed by atoms with van der Waals surface area (Å²) in [4.78, 5) is 4.23. The van der Waals surface area contributed by atoms with E-state index < -0.39 is 0 Å². The van der Waals surface area contributed by atoms with Crippen LogP contribution in [0.3, 0.4) is 0 Å². The van der Waals surface area contributed by atoms with Crippen LogP contribution in [0.4, 0.5) is 4.39 Å². The molecule has 5 heteroatoms. The molecular formula is C14H18FN3O. The van der Waals surface area contributed by atoms with Crippen LogP contribution in [0.2, 0.25) is 0 Å². The normalized spacial score (nSPS) is 12.4. The molecule has 19 heavy (non-hydrogen) atoms. The van der Waals surface area contributed by atoms with Crippen molar-refractivity contribution in [2.45, 2.75) is 33.0 Å². The molecule has 2 aromatic rings. The Labute approximate surface area is 112 Å². The number of halogens is 1. The summed E-state index contributed by atoms with van der Waals surface area (Å²) in [6, 6.07) is 4.10. The minimum absolute atomic E-state index is 0.281. The Morgan fingerprint density at radius 2 is 2.26 bits per heavy atom. The van der Waals surface area contributed by atoms with E-state index in [0.29, 0.717) is 17.9 Å². The molecule has 102 valence electrons. The second-order valence-corrected chi connectivity index (χ2v) is 4.39. The van der Waals surface area contributed by atoms with Crippen molar-refractivity contribution in [2.24, 2.45) is 5.73 Å². The van der Waals surface area contributed by atoms with E-state index in [2.05, 4.69) is 4.98 Å². The van der Waals surface area contributed by atoms with Crippen LogP contribution in [0.15, 0.2) is 30.6 Å². The average Bonchev–Trinajstić information content (AvgIpc) is 2.84. The molecule has 0 bridgehead atoms. The third-order valence-electron chi connectivity index (χ3n) is 2.96. The van der Waals surface area contributed by atoms with E-state index in [1.54, 1.807) is 19.2 Å². The molecule has 0 amide bonds. The number of imidazole rings is 1. The van der Waals surface area contributed by atoms with Gasteiger partial charge < -0.3 is 15.0 Å². The lowest BCUT2D eigenvalue weighted by Crippen LogP contribution is -2.10. The molecule has 1 atom stereocenters. The fraction of sp³-hybridized carbons (Fsp3) is 0.357. The lowest BCUT2D eigenvalue weighted by atomic mass is 10.1. The van der Waals surface area contributed by atoms with E-state index in [-0.39, 0.29) is 11.9 Å². The van der Waals surface area contributed by atoms with Gasteiger partial charge in [0.15, 0.2) is 0 Å². The van der Waals surface area contributed by atoms with Gasteiger partial charge in [-0.15, -0.1) is 0 Å². The first-order valence-electron chi connectivity index (χ1n) is 6.29. The van der Waals surface area contributed by atoms with Crippen molar-refractivity contribution in [1.82, 2.24) is 9.55 Å². The van der Waals surface area contributed by atoms with Gasteiger partial charge in [0.25, 0.3) is 0 Å². The molecule has 1 aromatic heterocycles. The second kappa shape index (κ2) is 5.84. The second-order valence-electron chi connectivity index (χ2n) is 4.39. The van der Waals surface area contributed by atoms with E-state index in [1.807, 2.05) is 17.7 Å². The van der Waals surface area contributed by atoms with E-state index in [1.165, 1.54) is 12.1 Å². The molecule has 0 unspecified atom stereocenters. The molecule has 4 nitrogen and oxygen atoms in total. The smallest absolute Gasteiger partial charge is 0.146 e. The Kier molecular flexibility index (Phi) is 4.16. The van der Waals surface area contributed by atoms with Crippen molar-refractivity contribution in [3.8, 4) is 5.75 Å². The monoisotopic (exact) mass is 263 g/mol. The summed E-state index contributed by atoms with van der Waals surface area (Å²) in [6.07, 6.45) is 3.63. The highest BCUT2D eigenvalue weighted by molar-refractivity contribution is 5.36. The highest BCUT2D eigenvalue weighted by atomic mass is 19.1. The summed E-state index contributed by atoms with van der Waals surface area (Å²) >= 11 is 0. The molecule has 2 N–H and O–H groups in total. The first-order chi connectivity index (χ1) is 9.11. The van der Waals surface area contributed by atoms with Gasteiger partial charge in [-0.2, -0.15) is 0 Å². The van der Waals surface area contributed by atoms with Gasteiger partial charge >= 0.3 is 0 Å². The molecule has 0 saturated carbocycles. The predicted molar refractivity (Wildman–Crippen MR) is 71.2 cm³/mol. The van der Waals surface area contributed by atoms with Crippen LogP contribution in [0.5, 0.6) is 5.75 Å². The highest BCUT2D eigenvalue weighted by Crippen LogP contribution is 2.25. The lowest BCUT2D eigenvalue weighted by Gasteiger charge is -2.14. The average molecular weight is 263 g/mol. The quantitative estimate of drug-likeness (QED) is 0.902. The van der Waals surface area contributed by atoms with Gasteiger partial charge in [-0.25, -0.2) is 9.37 Å². The topological polar surface area (TPSA) is 53.1 Å². The Bertz CT molecular complexity index is 551. The largest absolute Gasteiger partial charge is 0.485 e. The van der Waals surface area contributed by atoms with Gasteiger partial charge in [-0.3, -0.25) is 0 Å². The lowest BCUT2D eigenvalue weighted by molar-refractivity contribution is 0.285. The fourth-order valence-electron chi connectivity index (χ4n) is 1.92. The van der Waals surface area contributed by atoms with Gasteiger partial charge in [0.1, 0.15) is 24.0 Å². The van der Waals surface area contributed by atoms with Crippen molar-refractivity contribution >= 4 is 0 Å². The third-order valence-corrected chi connectivity index (χ3v) is 2.96. The van der Waals surface area contributed by atoms with Gasteiger partial charge in [0.2, 0.25) is 0 Å². The molecule has 1 aromatic carbocycles. The first-order valence-corrected chi connectivity index (χ1v) is 6.29. The molecule has 0 radical (unpaired) electrons. The minimum atomic E-state index is -0.310. The fourth-order valence-corrected chi connectivity index (χ4v) is 1.92. The standard InChI is InChI=1S/C14H18FN3O/c1-3-18-7-6-17-14(18)9-19-13-5-4-11(15)8-12(13)10(2)16/h4-8,10H,3,9,16H2,1-2H3/t10-/m1/s1. The van der Waals surface area contributed by atoms with E-state index in [4.69, 9.17) is 10.5 Å². The molecular weight excluding hydrogens is 245 g/mol. The number of ether oxygens (including phenoxy) is 1. The van der Waals surface area contributed by atoms with E-state index >= 15 is 0 Å². The Morgan fingerprint density at radius 1 is 1.47 bits per heavy atom. The van der Waals surface area contributed by atoms with Crippen molar-refractivity contribution in [1.29, 1.82) is 0 Å². The van der Waals surface area contributed by atoms with Crippen LogP contribution in [0.25, 0.3) is 0 Å². The van der Waals surface area contributed by atoms with Crippen molar-refractivity contribution in [3.63, 3.8) is 0 Å². The Hall–Kier alpha value is -1.88. The number of hydrogen-bond acceptors (Lipinski definition) is 3. The zero-order valence-electron chi connectivity index (χ0n) is 11.1. The van der Waals surface area contributed by atoms with Crippen molar-refractivity contribution in [2.75, 3.05) is 0 Å². The summed E-state index contributed by atoms with van der Waals surface area (Å²) in [6.45, 7) is 5.01. The summed E-state index contributed by atoms with van der Waals surface area (Å²) in [7, 11) is 0. The zero-order valence-corrected chi connectivity index (χ0v) is 11.1. The van der Waals surface area contributed by atoms with Crippen molar-refractivity contribution in [3.05, 3.63) is 47.8 Å². The first kappa shape index (κ1) is 13.5. The molecule has 0 aliphatic carbocycles. The number of hydrogen-bond donors (Lipinski definition) is 1. The number of aromatic nitrogens is 2. The van der Waals surface area contributed by atoms with Crippen LogP contribution < -0.4 is 10.5 Å². The predicted octanol–water partition coefficient (Wildman–Crippen LogP) is 2.64. The summed E-state index contributed by atoms with van der Waals surface area (Å²) in [5.41, 5.74) is 6.48. The molecule has 0 saturated heterocycles. The van der Waals surface area contributed by atoms with Gasteiger partial charge in [0.05, 0.1) is 0 Å². The number of nitrogens with zero attached hydrogens (tertiary/aromatic N) is 2. The van der Waals surface area contributed by atoms with Crippen LogP contribution in [-0.4, -0.2) is 9.55 Å². The summed E-state index contributed by atoms with van der Waals surface area (Å²) in [5, 5.41) is 0. The number of nitrogens with two attached hydrogens (primary N) is 1.